The first-order valence-corrected chi connectivity index (χ1v) is 14.0. The normalized spacial score (nSPS) is 28.9. The summed E-state index contributed by atoms with van der Waals surface area (Å²) in [6.07, 6.45) is 3.79. The Bertz CT molecular complexity index is 1180. The van der Waals surface area contributed by atoms with E-state index in [0.717, 1.165) is 31.9 Å². The van der Waals surface area contributed by atoms with E-state index in [0.29, 0.717) is 17.9 Å². The summed E-state index contributed by atoms with van der Waals surface area (Å²) in [6.45, 7) is 10.3. The first-order chi connectivity index (χ1) is 18.1. The van der Waals surface area contributed by atoms with Crippen LogP contribution in [0.3, 0.4) is 0 Å². The highest BCUT2D eigenvalue weighted by Crippen LogP contribution is 2.52. The second-order valence-corrected chi connectivity index (χ2v) is 11.9. The van der Waals surface area contributed by atoms with Crippen LogP contribution in [-0.2, 0) is 27.9 Å². The van der Waals surface area contributed by atoms with Gasteiger partial charge in [-0.2, -0.15) is 0 Å². The minimum Gasteiger partial charge on any atom is -0.477 e. The molecule has 2 fully saturated rings. The minimum atomic E-state index is -1.14. The Labute approximate surface area is 226 Å². The third-order valence-electron chi connectivity index (χ3n) is 8.26. The van der Waals surface area contributed by atoms with Crippen LogP contribution < -0.4 is 9.58 Å². The zero-order valence-corrected chi connectivity index (χ0v) is 22.8. The fraction of sp³-hybridized carbons (Fsp3) is 0.615. The molecule has 206 valence electrons. The van der Waals surface area contributed by atoms with Crippen LogP contribution in [0.1, 0.15) is 26.7 Å². The number of aliphatic hydroxyl groups excluding tert-OH is 1. The first kappa shape index (κ1) is 26.6. The molecule has 38 heavy (non-hydrogen) atoms. The van der Waals surface area contributed by atoms with Gasteiger partial charge in [-0.25, -0.2) is 9.59 Å². The van der Waals surface area contributed by atoms with Gasteiger partial charge in [0.05, 0.1) is 30.7 Å². The van der Waals surface area contributed by atoms with Crippen LogP contribution in [0, 0.1) is 11.8 Å². The maximum Gasteiger partial charge on any atom is 0.410 e. The molecule has 2 N–H and O–H groups in total. The number of carbonyl (C=O) groups is 3. The number of β-lactam (4-membered cyclic amide) rings is 1. The van der Waals surface area contributed by atoms with Gasteiger partial charge in [-0.15, -0.1) is 21.1 Å². The summed E-state index contributed by atoms with van der Waals surface area (Å²) in [5, 5.41) is 20.1. The smallest absolute Gasteiger partial charge is 0.410 e. The van der Waals surface area contributed by atoms with Crippen LogP contribution in [0.5, 0.6) is 0 Å². The number of likely N-dealkylation sites (tertiary alicyclic amines) is 1. The predicted molar refractivity (Wildman–Crippen MR) is 140 cm³/mol. The topological polar surface area (TPSA) is 119 Å². The van der Waals surface area contributed by atoms with Crippen LogP contribution >= 0.6 is 11.8 Å². The van der Waals surface area contributed by atoms with Gasteiger partial charge in [0.2, 0.25) is 5.91 Å². The zero-order valence-electron chi connectivity index (χ0n) is 22.0. The van der Waals surface area contributed by atoms with E-state index in [2.05, 4.69) is 26.9 Å². The summed E-state index contributed by atoms with van der Waals surface area (Å²) in [5.41, 5.74) is 0.0179. The van der Waals surface area contributed by atoms with Crippen LogP contribution in [0.15, 0.2) is 35.5 Å². The van der Waals surface area contributed by atoms with Crippen molar-refractivity contribution in [1.82, 2.24) is 14.5 Å². The summed E-state index contributed by atoms with van der Waals surface area (Å²) >= 11 is 1.45. The van der Waals surface area contributed by atoms with E-state index < -0.39 is 24.1 Å². The number of hydrogen-bond donors (Lipinski definition) is 2. The van der Waals surface area contributed by atoms with E-state index in [-0.39, 0.29) is 41.5 Å². The number of rotatable bonds is 9. The Kier molecular flexibility index (Phi) is 7.21. The highest BCUT2D eigenvalue weighted by Gasteiger charge is 2.60. The molecule has 0 aliphatic carbocycles. The largest absolute Gasteiger partial charge is 0.477 e. The van der Waals surface area contributed by atoms with Gasteiger partial charge in [-0.05, 0) is 19.8 Å². The van der Waals surface area contributed by atoms with Crippen LogP contribution in [0.25, 0.3) is 0 Å². The molecule has 0 bridgehead atoms. The predicted octanol–water partition coefficient (Wildman–Crippen LogP) is 1.18. The number of anilines is 1. The van der Waals surface area contributed by atoms with Crippen molar-refractivity contribution in [3.05, 3.63) is 35.5 Å². The molecular weight excluding hydrogens is 510 g/mol. The number of amides is 2. The van der Waals surface area contributed by atoms with Crippen LogP contribution in [0.4, 0.5) is 10.6 Å². The van der Waals surface area contributed by atoms with E-state index in [1.54, 1.807) is 11.8 Å². The Morgan fingerprint density at radius 2 is 2.13 bits per heavy atom. The van der Waals surface area contributed by atoms with E-state index in [4.69, 9.17) is 4.74 Å². The van der Waals surface area contributed by atoms with Crippen molar-refractivity contribution in [2.24, 2.45) is 18.9 Å². The van der Waals surface area contributed by atoms with Crippen molar-refractivity contribution in [3.8, 4) is 0 Å². The quantitative estimate of drug-likeness (QED) is 0.269. The Balaban J connectivity index is 1.32. The Morgan fingerprint density at radius 3 is 2.82 bits per heavy atom. The summed E-state index contributed by atoms with van der Waals surface area (Å²) in [5.74, 6) is -1.12. The number of aromatic nitrogens is 2. The fourth-order valence-electron chi connectivity index (χ4n) is 6.43. The maximum absolute atomic E-state index is 12.9. The van der Waals surface area contributed by atoms with Gasteiger partial charge in [-0.1, -0.05) is 19.6 Å². The van der Waals surface area contributed by atoms with E-state index in [1.165, 1.54) is 22.7 Å². The van der Waals surface area contributed by atoms with Crippen LogP contribution in [-0.4, -0.2) is 92.3 Å². The summed E-state index contributed by atoms with van der Waals surface area (Å²) < 4.78 is 9.68. The molecule has 11 nitrogen and oxygen atoms in total. The molecule has 4 aliphatic heterocycles. The number of aryl methyl sites for hydroxylation is 1. The molecular formula is C26H36N5O6S+. The third-order valence-corrected chi connectivity index (χ3v) is 9.76. The number of nitrogens with zero attached hydrogens (tertiary/aromatic N) is 5. The number of thioether (sulfide) groups is 1. The fourth-order valence-corrected chi connectivity index (χ4v) is 8.00. The van der Waals surface area contributed by atoms with E-state index in [9.17, 15) is 24.6 Å². The van der Waals surface area contributed by atoms with Crippen molar-refractivity contribution < 1.29 is 34.0 Å². The number of aliphatic hydroxyl groups is 1. The second-order valence-electron chi connectivity index (χ2n) is 10.6. The Hall–Kier alpha value is -2.99. The molecule has 2 saturated heterocycles. The number of carbonyl (C=O) groups excluding carboxylic acids is 2. The molecule has 0 spiro atoms. The van der Waals surface area contributed by atoms with E-state index >= 15 is 0 Å². The van der Waals surface area contributed by atoms with Gasteiger partial charge < -0.3 is 29.6 Å². The van der Waals surface area contributed by atoms with Crippen molar-refractivity contribution in [2.45, 2.75) is 56.7 Å². The average Bonchev–Trinajstić information content (AvgIpc) is 3.60. The summed E-state index contributed by atoms with van der Waals surface area (Å²) in [7, 11) is 2.02. The molecule has 6 atom stereocenters. The van der Waals surface area contributed by atoms with Gasteiger partial charge in [0.25, 0.3) is 0 Å². The molecule has 0 saturated carbocycles. The highest BCUT2D eigenvalue weighted by atomic mass is 32.2. The van der Waals surface area contributed by atoms with Gasteiger partial charge in [0.1, 0.15) is 12.3 Å². The van der Waals surface area contributed by atoms with Crippen molar-refractivity contribution in [2.75, 3.05) is 31.1 Å². The van der Waals surface area contributed by atoms with Crippen LogP contribution in [0.2, 0.25) is 0 Å². The number of fused-ring (bicyclic) bond motifs is 2. The summed E-state index contributed by atoms with van der Waals surface area (Å²) in [4.78, 5) is 43.9. The number of carboxylic acid groups (broad SMARTS) is 1. The molecule has 4 aliphatic rings. The molecule has 2 amide bonds. The van der Waals surface area contributed by atoms with Gasteiger partial charge in [0, 0.05) is 41.7 Å². The number of ether oxygens (including phenoxy) is 1. The monoisotopic (exact) mass is 546 g/mol. The zero-order chi connectivity index (χ0) is 27.3. The van der Waals surface area contributed by atoms with Gasteiger partial charge in [-0.3, -0.25) is 4.79 Å². The lowest BCUT2D eigenvalue weighted by Gasteiger charge is -2.46. The molecule has 0 unspecified atom stereocenters. The number of carboxylic acids is 1. The second kappa shape index (κ2) is 10.3. The standard InChI is InChI=1S/C26H35N5O6S/c1-5-12-37-26(36)29-14-18(13-17(29)6-9-28-10-11-30-19(28)7-8-27(30)4)38-23-15(2)21-20(16(3)32)24(33)31(21)22(23)25(34)35/h5,7-8,15-18,20-21,32H,1,6,9-14H2,2-4H3/p+1/t15-,16-,17-,18+,20-,21-/m1/s1. The van der Waals surface area contributed by atoms with Crippen molar-refractivity contribution in [1.29, 1.82) is 0 Å². The first-order valence-electron chi connectivity index (χ1n) is 13.1. The van der Waals surface area contributed by atoms with Crippen molar-refractivity contribution in [3.63, 3.8) is 0 Å². The maximum atomic E-state index is 12.9. The van der Waals surface area contributed by atoms with E-state index in [1.807, 2.05) is 20.2 Å². The lowest BCUT2D eigenvalue weighted by Crippen LogP contribution is -2.63. The summed E-state index contributed by atoms with van der Waals surface area (Å²) in [6, 6.07) is 1.69. The van der Waals surface area contributed by atoms with Gasteiger partial charge >= 0.3 is 12.1 Å². The number of aliphatic carboxylic acids is 1. The molecule has 5 rings (SSSR count). The molecule has 0 radical (unpaired) electrons. The molecule has 5 heterocycles. The highest BCUT2D eigenvalue weighted by molar-refractivity contribution is 8.03. The van der Waals surface area contributed by atoms with Gasteiger partial charge in [0.15, 0.2) is 19.1 Å². The lowest BCUT2D eigenvalue weighted by molar-refractivity contribution is -0.751. The number of hydrogen-bond acceptors (Lipinski definition) is 7. The average molecular weight is 547 g/mol. The minimum absolute atomic E-state index is 0.0179. The molecule has 1 aromatic rings. The lowest BCUT2D eigenvalue weighted by atomic mass is 9.79. The van der Waals surface area contributed by atoms with Crippen molar-refractivity contribution >= 4 is 35.5 Å². The SMILES string of the molecule is C=CCOC(=O)N1C[C@@H](SC2=C(C(=O)O)N3C(=O)[C@H]([C@@H](C)O)[C@H]3[C@H]2C)C[C@H]1CCN1CCn2c1cc[n+]2C. The Morgan fingerprint density at radius 1 is 1.37 bits per heavy atom. The third kappa shape index (κ3) is 4.37. The molecule has 1 aromatic heterocycles. The molecule has 0 aromatic carbocycles. The molecule has 12 heteroatoms.